The maximum absolute atomic E-state index is 6.69. The van der Waals surface area contributed by atoms with E-state index in [1.54, 1.807) is 0 Å². The van der Waals surface area contributed by atoms with Gasteiger partial charge in [0.25, 0.3) is 0 Å². The summed E-state index contributed by atoms with van der Waals surface area (Å²) in [6.07, 6.45) is 0. The van der Waals surface area contributed by atoms with Crippen LogP contribution in [-0.2, 0) is 5.41 Å². The average molecular weight is 660 g/mol. The zero-order chi connectivity index (χ0) is 34.0. The lowest BCUT2D eigenvalue weighted by Crippen LogP contribution is -2.25. The first-order valence-corrected chi connectivity index (χ1v) is 18.0. The van der Waals surface area contributed by atoms with Crippen LogP contribution in [-0.4, -0.2) is 4.98 Å². The van der Waals surface area contributed by atoms with Gasteiger partial charge in [-0.3, -0.25) is 0 Å². The Bertz CT molecular complexity index is 3090. The molecule has 0 aliphatic heterocycles. The van der Waals surface area contributed by atoms with Crippen molar-refractivity contribution in [1.29, 1.82) is 0 Å². The normalized spacial score (nSPS) is 13.5. The minimum absolute atomic E-state index is 0.413. The summed E-state index contributed by atoms with van der Waals surface area (Å²) in [5.74, 6) is 0. The summed E-state index contributed by atoms with van der Waals surface area (Å²) in [6, 6.07) is 64.0. The maximum atomic E-state index is 6.69. The highest BCUT2D eigenvalue weighted by Crippen LogP contribution is 2.64. The van der Waals surface area contributed by atoms with E-state index in [4.69, 9.17) is 9.40 Å². The zero-order valence-electron chi connectivity index (χ0n) is 28.1. The Kier molecular flexibility index (Phi) is 5.46. The molecule has 10 aromatic rings. The Balaban J connectivity index is 1.21. The van der Waals surface area contributed by atoms with Crippen LogP contribution in [0.2, 0.25) is 0 Å². The van der Waals surface area contributed by atoms with E-state index in [1.807, 2.05) is 0 Å². The molecule has 2 heterocycles. The largest absolute Gasteiger partial charge is 0.455 e. The van der Waals surface area contributed by atoms with E-state index >= 15 is 0 Å². The van der Waals surface area contributed by atoms with E-state index < -0.39 is 5.41 Å². The number of fused-ring (bicyclic) bond motifs is 17. The van der Waals surface area contributed by atoms with Gasteiger partial charge in [-0.2, -0.15) is 0 Å². The van der Waals surface area contributed by atoms with Crippen LogP contribution in [0.1, 0.15) is 22.3 Å². The van der Waals surface area contributed by atoms with Gasteiger partial charge < -0.3 is 4.42 Å². The molecule has 0 atom stereocenters. The predicted molar refractivity (Wildman–Crippen MR) is 214 cm³/mol. The minimum Gasteiger partial charge on any atom is -0.455 e. The molecule has 2 aliphatic rings. The standard InChI is InChI=1S/C50H29NO/c1-2-14-31(15-3-1)48-35-27-28-45-47(38-26-25-30-13-4-5-16-32(30)49(38)52-45)39(35)29-44(51-48)37-20-12-24-43-46(37)36-19-8-11-23-42(36)50(43)40-21-9-6-17-33(40)34-18-7-10-22-41(34)50/h1-29H. The van der Waals surface area contributed by atoms with Crippen molar-refractivity contribution in [2.24, 2.45) is 0 Å². The summed E-state index contributed by atoms with van der Waals surface area (Å²) >= 11 is 0. The Morgan fingerprint density at radius 2 is 1.04 bits per heavy atom. The molecular formula is C50H29NO. The summed E-state index contributed by atoms with van der Waals surface area (Å²) in [6.45, 7) is 0. The molecule has 240 valence electrons. The number of furan rings is 1. The summed E-state index contributed by atoms with van der Waals surface area (Å²) in [7, 11) is 0. The van der Waals surface area contributed by atoms with Gasteiger partial charge in [0, 0.05) is 32.7 Å². The van der Waals surface area contributed by atoms with Crippen molar-refractivity contribution in [3.8, 4) is 44.8 Å². The molecule has 0 fully saturated rings. The Morgan fingerprint density at radius 1 is 0.423 bits per heavy atom. The predicted octanol–water partition coefficient (Wildman–Crippen LogP) is 13.0. The molecule has 0 N–H and O–H groups in total. The molecule has 0 unspecified atom stereocenters. The maximum Gasteiger partial charge on any atom is 0.143 e. The van der Waals surface area contributed by atoms with Gasteiger partial charge in [-0.1, -0.05) is 152 Å². The highest BCUT2D eigenvalue weighted by Gasteiger charge is 2.52. The number of pyridine rings is 1. The van der Waals surface area contributed by atoms with Gasteiger partial charge in [0.2, 0.25) is 0 Å². The summed E-state index contributed by atoms with van der Waals surface area (Å²) in [4.78, 5) is 5.59. The number of benzene rings is 8. The van der Waals surface area contributed by atoms with Crippen molar-refractivity contribution in [1.82, 2.24) is 4.98 Å². The third-order valence-corrected chi connectivity index (χ3v) is 11.7. The van der Waals surface area contributed by atoms with Crippen LogP contribution in [0.4, 0.5) is 0 Å². The quantitative estimate of drug-likeness (QED) is 0.185. The second-order valence-electron chi connectivity index (χ2n) is 14.1. The van der Waals surface area contributed by atoms with E-state index in [1.165, 1.54) is 49.9 Å². The fourth-order valence-electron chi connectivity index (χ4n) is 9.64. The van der Waals surface area contributed by atoms with Crippen LogP contribution in [0, 0.1) is 0 Å². The van der Waals surface area contributed by atoms with Gasteiger partial charge >= 0.3 is 0 Å². The molecule has 0 bridgehead atoms. The molecule has 0 saturated heterocycles. The lowest BCUT2D eigenvalue weighted by molar-refractivity contribution is 0.673. The summed E-state index contributed by atoms with van der Waals surface area (Å²) in [5, 5.41) is 6.81. The van der Waals surface area contributed by atoms with Crippen molar-refractivity contribution in [3.05, 3.63) is 198 Å². The second-order valence-corrected chi connectivity index (χ2v) is 14.1. The van der Waals surface area contributed by atoms with E-state index in [2.05, 4.69) is 176 Å². The van der Waals surface area contributed by atoms with Gasteiger partial charge in [0.05, 0.1) is 16.8 Å². The van der Waals surface area contributed by atoms with Crippen molar-refractivity contribution in [3.63, 3.8) is 0 Å². The number of rotatable bonds is 2. The van der Waals surface area contributed by atoms with Crippen LogP contribution in [0.25, 0.3) is 88.3 Å². The molecule has 1 spiro atoms. The van der Waals surface area contributed by atoms with Gasteiger partial charge in [-0.05, 0) is 79.5 Å². The first-order chi connectivity index (χ1) is 25.8. The van der Waals surface area contributed by atoms with Gasteiger partial charge in [0.1, 0.15) is 11.2 Å². The molecule has 0 saturated carbocycles. The molecule has 0 radical (unpaired) electrons. The topological polar surface area (TPSA) is 26.0 Å². The van der Waals surface area contributed by atoms with Crippen molar-refractivity contribution in [2.45, 2.75) is 5.41 Å². The first-order valence-electron chi connectivity index (χ1n) is 18.0. The third kappa shape index (κ3) is 3.46. The molecule has 0 amide bonds. The smallest absolute Gasteiger partial charge is 0.143 e. The molecule has 2 heteroatoms. The Hall–Kier alpha value is -6.77. The van der Waals surface area contributed by atoms with Crippen LogP contribution in [0.5, 0.6) is 0 Å². The fourth-order valence-corrected chi connectivity index (χ4v) is 9.64. The number of aromatic nitrogens is 1. The minimum atomic E-state index is -0.413. The first kappa shape index (κ1) is 28.0. The lowest BCUT2D eigenvalue weighted by atomic mass is 9.70. The van der Waals surface area contributed by atoms with E-state index in [0.29, 0.717) is 0 Å². The summed E-state index contributed by atoms with van der Waals surface area (Å²) in [5.41, 5.74) is 16.0. The molecule has 52 heavy (non-hydrogen) atoms. The van der Waals surface area contributed by atoms with Gasteiger partial charge in [-0.25, -0.2) is 4.98 Å². The summed E-state index contributed by atoms with van der Waals surface area (Å²) < 4.78 is 6.69. The number of hydrogen-bond donors (Lipinski definition) is 0. The fraction of sp³-hybridized carbons (Fsp3) is 0.0200. The van der Waals surface area contributed by atoms with Crippen LogP contribution < -0.4 is 0 Å². The molecule has 12 rings (SSSR count). The Morgan fingerprint density at radius 3 is 1.83 bits per heavy atom. The zero-order valence-corrected chi connectivity index (χ0v) is 28.1. The molecule has 2 nitrogen and oxygen atoms in total. The SMILES string of the molecule is c1ccc(-c2nc(-c3cccc4c3-c3ccccc3C43c4ccccc4-c4ccccc43)cc3c2ccc2oc4c5ccccc5ccc4c23)cc1. The lowest BCUT2D eigenvalue weighted by Gasteiger charge is -2.30. The molecular weight excluding hydrogens is 631 g/mol. The Labute approximate surface area is 300 Å². The average Bonchev–Trinajstić information content (AvgIpc) is 3.85. The van der Waals surface area contributed by atoms with E-state index in [9.17, 15) is 0 Å². The second kappa shape index (κ2) is 10.2. The third-order valence-electron chi connectivity index (χ3n) is 11.7. The molecule has 2 aliphatic carbocycles. The van der Waals surface area contributed by atoms with Crippen molar-refractivity contribution < 1.29 is 4.42 Å². The molecule has 2 aromatic heterocycles. The highest BCUT2D eigenvalue weighted by molar-refractivity contribution is 6.24. The molecule has 8 aromatic carbocycles. The van der Waals surface area contributed by atoms with E-state index in [0.717, 1.165) is 60.6 Å². The number of nitrogens with zero attached hydrogens (tertiary/aromatic N) is 1. The van der Waals surface area contributed by atoms with E-state index in [-0.39, 0.29) is 0 Å². The number of hydrogen-bond acceptors (Lipinski definition) is 2. The van der Waals surface area contributed by atoms with Crippen LogP contribution in [0.15, 0.2) is 180 Å². The van der Waals surface area contributed by atoms with Crippen LogP contribution >= 0.6 is 0 Å². The monoisotopic (exact) mass is 659 g/mol. The highest BCUT2D eigenvalue weighted by atomic mass is 16.3. The van der Waals surface area contributed by atoms with Crippen molar-refractivity contribution >= 4 is 43.5 Å². The van der Waals surface area contributed by atoms with Gasteiger partial charge in [-0.15, -0.1) is 0 Å². The van der Waals surface area contributed by atoms with Gasteiger partial charge in [0.15, 0.2) is 0 Å². The van der Waals surface area contributed by atoms with Crippen molar-refractivity contribution in [2.75, 3.05) is 0 Å². The van der Waals surface area contributed by atoms with Crippen LogP contribution in [0.3, 0.4) is 0 Å².